The topological polar surface area (TPSA) is 29.9 Å². The number of benzene rings is 1. The molecule has 1 fully saturated rings. The number of nitrogens with zero attached hydrogens (tertiary/aromatic N) is 2. The van der Waals surface area contributed by atoms with Gasteiger partial charge in [0.25, 0.3) is 0 Å². The molecule has 0 spiro atoms. The van der Waals surface area contributed by atoms with E-state index < -0.39 is 0 Å². The average Bonchev–Trinajstić information content (AvgIpc) is 3.09. The minimum absolute atomic E-state index is 0.203. The van der Waals surface area contributed by atoms with Crippen molar-refractivity contribution >= 4 is 0 Å². The highest BCUT2D eigenvalue weighted by Crippen LogP contribution is 2.20. The van der Waals surface area contributed by atoms with Crippen LogP contribution in [-0.4, -0.2) is 15.6 Å². The predicted molar refractivity (Wildman–Crippen MR) is 68.1 cm³/mol. The van der Waals surface area contributed by atoms with Gasteiger partial charge in [-0.25, -0.2) is 9.37 Å². The van der Waals surface area contributed by atoms with Gasteiger partial charge < -0.3 is 9.88 Å². The molecule has 3 nitrogen and oxygen atoms in total. The normalized spacial score (nSPS) is 15.0. The highest BCUT2D eigenvalue weighted by Gasteiger charge is 2.20. The molecule has 3 rings (SSSR count). The lowest BCUT2D eigenvalue weighted by atomic mass is 10.2. The average molecular weight is 245 g/mol. The van der Waals surface area contributed by atoms with Crippen LogP contribution in [0.4, 0.5) is 4.39 Å². The zero-order valence-corrected chi connectivity index (χ0v) is 10.4. The van der Waals surface area contributed by atoms with E-state index in [0.717, 1.165) is 17.9 Å². The molecule has 0 atom stereocenters. The van der Waals surface area contributed by atoms with Gasteiger partial charge in [0.2, 0.25) is 0 Å². The van der Waals surface area contributed by atoms with Gasteiger partial charge >= 0.3 is 0 Å². The summed E-state index contributed by atoms with van der Waals surface area (Å²) in [5.41, 5.74) is 1.54. The maximum atomic E-state index is 14.1. The summed E-state index contributed by atoms with van der Waals surface area (Å²) in [4.78, 5) is 4.11. The molecule has 94 valence electrons. The molecule has 18 heavy (non-hydrogen) atoms. The highest BCUT2D eigenvalue weighted by molar-refractivity contribution is 5.37. The van der Waals surface area contributed by atoms with E-state index >= 15 is 0 Å². The first kappa shape index (κ1) is 11.4. The summed E-state index contributed by atoms with van der Waals surface area (Å²) in [5.74, 6) is 0.587. The summed E-state index contributed by atoms with van der Waals surface area (Å²) in [6.45, 7) is 2.60. The fraction of sp³-hybridized carbons (Fsp3) is 0.357. The second kappa shape index (κ2) is 4.53. The van der Waals surface area contributed by atoms with Crippen LogP contribution in [-0.2, 0) is 6.54 Å². The van der Waals surface area contributed by atoms with Crippen LogP contribution in [0.25, 0.3) is 5.69 Å². The summed E-state index contributed by atoms with van der Waals surface area (Å²) < 4.78 is 15.8. The SMILES string of the molecule is Cc1nccn1-c1ccc(CNC2CC2)cc1F. The van der Waals surface area contributed by atoms with Gasteiger partial charge in [-0.15, -0.1) is 0 Å². The first-order valence-corrected chi connectivity index (χ1v) is 6.26. The fourth-order valence-corrected chi connectivity index (χ4v) is 2.04. The molecule has 0 saturated heterocycles. The summed E-state index contributed by atoms with van der Waals surface area (Å²) in [5, 5.41) is 3.38. The summed E-state index contributed by atoms with van der Waals surface area (Å²) in [7, 11) is 0. The first-order chi connectivity index (χ1) is 8.74. The Balaban J connectivity index is 1.82. The number of aryl methyl sites for hydroxylation is 1. The van der Waals surface area contributed by atoms with Gasteiger partial charge in [-0.3, -0.25) is 0 Å². The van der Waals surface area contributed by atoms with Crippen LogP contribution in [0.15, 0.2) is 30.6 Å². The number of nitrogens with one attached hydrogen (secondary N) is 1. The molecular formula is C14H16FN3. The van der Waals surface area contributed by atoms with Gasteiger partial charge in [0.15, 0.2) is 0 Å². The van der Waals surface area contributed by atoms with Crippen LogP contribution in [0.3, 0.4) is 0 Å². The van der Waals surface area contributed by atoms with Crippen molar-refractivity contribution < 1.29 is 4.39 Å². The molecule has 0 radical (unpaired) electrons. The molecule has 0 amide bonds. The monoisotopic (exact) mass is 245 g/mol. The molecule has 1 N–H and O–H groups in total. The van der Waals surface area contributed by atoms with Crippen molar-refractivity contribution in [3.05, 3.63) is 47.8 Å². The van der Waals surface area contributed by atoms with Crippen molar-refractivity contribution in [3.8, 4) is 5.69 Å². The van der Waals surface area contributed by atoms with Crippen molar-refractivity contribution in [3.63, 3.8) is 0 Å². The molecule has 0 unspecified atom stereocenters. The van der Waals surface area contributed by atoms with E-state index in [4.69, 9.17) is 0 Å². The van der Waals surface area contributed by atoms with E-state index in [-0.39, 0.29) is 5.82 Å². The summed E-state index contributed by atoms with van der Waals surface area (Å²) in [6.07, 6.45) is 5.94. The first-order valence-electron chi connectivity index (χ1n) is 6.26. The van der Waals surface area contributed by atoms with Crippen LogP contribution in [0.1, 0.15) is 24.2 Å². The largest absolute Gasteiger partial charge is 0.310 e. The smallest absolute Gasteiger partial charge is 0.147 e. The molecule has 1 heterocycles. The summed E-state index contributed by atoms with van der Waals surface area (Å²) in [6, 6.07) is 6.02. The number of rotatable bonds is 4. The van der Waals surface area contributed by atoms with Crippen LogP contribution >= 0.6 is 0 Å². The standard InChI is InChI=1S/C14H16FN3/c1-10-16-6-7-18(10)14-5-2-11(8-13(14)15)9-17-12-3-4-12/h2,5-8,12,17H,3-4,9H2,1H3. The second-order valence-corrected chi connectivity index (χ2v) is 4.79. The third kappa shape index (κ3) is 2.29. The Morgan fingerprint density at radius 1 is 1.44 bits per heavy atom. The third-order valence-electron chi connectivity index (χ3n) is 3.27. The van der Waals surface area contributed by atoms with Gasteiger partial charge in [-0.1, -0.05) is 6.07 Å². The molecule has 1 aromatic heterocycles. The Kier molecular flexibility index (Phi) is 2.88. The van der Waals surface area contributed by atoms with E-state index in [0.29, 0.717) is 11.7 Å². The second-order valence-electron chi connectivity index (χ2n) is 4.79. The Hall–Kier alpha value is -1.68. The zero-order chi connectivity index (χ0) is 12.5. The van der Waals surface area contributed by atoms with E-state index in [1.54, 1.807) is 23.0 Å². The van der Waals surface area contributed by atoms with Crippen molar-refractivity contribution in [2.45, 2.75) is 32.4 Å². The Morgan fingerprint density at radius 3 is 2.89 bits per heavy atom. The molecule has 1 saturated carbocycles. The van der Waals surface area contributed by atoms with E-state index in [2.05, 4.69) is 10.3 Å². The van der Waals surface area contributed by atoms with Gasteiger partial charge in [0.05, 0.1) is 5.69 Å². The molecule has 0 bridgehead atoms. The highest BCUT2D eigenvalue weighted by atomic mass is 19.1. The van der Waals surface area contributed by atoms with Gasteiger partial charge in [-0.05, 0) is 37.5 Å². The molecule has 1 aromatic carbocycles. The Morgan fingerprint density at radius 2 is 2.28 bits per heavy atom. The fourth-order valence-electron chi connectivity index (χ4n) is 2.04. The van der Waals surface area contributed by atoms with Crippen LogP contribution in [0.5, 0.6) is 0 Å². The number of hydrogen-bond acceptors (Lipinski definition) is 2. The van der Waals surface area contributed by atoms with Crippen LogP contribution < -0.4 is 5.32 Å². The Bertz CT molecular complexity index is 558. The molecule has 4 heteroatoms. The molecule has 1 aliphatic rings. The van der Waals surface area contributed by atoms with Gasteiger partial charge in [0.1, 0.15) is 11.6 Å². The van der Waals surface area contributed by atoms with E-state index in [1.165, 1.54) is 12.8 Å². The maximum Gasteiger partial charge on any atom is 0.147 e. The van der Waals surface area contributed by atoms with Crippen LogP contribution in [0.2, 0.25) is 0 Å². The molecule has 1 aliphatic carbocycles. The van der Waals surface area contributed by atoms with Crippen molar-refractivity contribution in [1.82, 2.24) is 14.9 Å². The molecule has 2 aromatic rings. The van der Waals surface area contributed by atoms with Gasteiger partial charge in [0, 0.05) is 25.0 Å². The van der Waals surface area contributed by atoms with Crippen LogP contribution in [0, 0.1) is 12.7 Å². The predicted octanol–water partition coefficient (Wildman–Crippen LogP) is 2.57. The lowest BCUT2D eigenvalue weighted by molar-refractivity contribution is 0.609. The van der Waals surface area contributed by atoms with E-state index in [9.17, 15) is 4.39 Å². The number of hydrogen-bond donors (Lipinski definition) is 1. The van der Waals surface area contributed by atoms with E-state index in [1.807, 2.05) is 19.1 Å². The zero-order valence-electron chi connectivity index (χ0n) is 10.4. The maximum absolute atomic E-state index is 14.1. The molecular weight excluding hydrogens is 229 g/mol. The van der Waals surface area contributed by atoms with Gasteiger partial charge in [-0.2, -0.15) is 0 Å². The molecule has 0 aliphatic heterocycles. The van der Waals surface area contributed by atoms with Crippen molar-refractivity contribution in [2.24, 2.45) is 0 Å². The number of halogens is 1. The third-order valence-corrected chi connectivity index (χ3v) is 3.27. The lowest BCUT2D eigenvalue weighted by Gasteiger charge is -2.09. The Labute approximate surface area is 106 Å². The quantitative estimate of drug-likeness (QED) is 0.897. The minimum atomic E-state index is -0.203. The van der Waals surface area contributed by atoms with Crippen molar-refractivity contribution in [1.29, 1.82) is 0 Å². The summed E-state index contributed by atoms with van der Waals surface area (Å²) >= 11 is 0. The minimum Gasteiger partial charge on any atom is -0.310 e. The van der Waals surface area contributed by atoms with Crippen molar-refractivity contribution in [2.75, 3.05) is 0 Å². The lowest BCUT2D eigenvalue weighted by Crippen LogP contribution is -2.15. The number of imidazole rings is 1. The number of aromatic nitrogens is 2.